The fraction of sp³-hybridized carbons (Fsp3) is 0.500. The average molecular weight is 258 g/mol. The number of rotatable bonds is 3. The number of benzene rings is 1. The molecule has 0 aliphatic carbocycles. The van der Waals surface area contributed by atoms with Crippen LogP contribution >= 0.6 is 11.6 Å². The number of ether oxygens (including phenoxy) is 3. The minimum absolute atomic E-state index is 0.0314. The highest BCUT2D eigenvalue weighted by atomic mass is 35.5. The number of hydrogen-bond donors (Lipinski definition) is 1. The lowest BCUT2D eigenvalue weighted by atomic mass is 10.1. The Balaban J connectivity index is 2.32. The number of methoxy groups -OCH3 is 2. The molecule has 17 heavy (non-hydrogen) atoms. The minimum atomic E-state index is -0.0314. The predicted molar refractivity (Wildman–Crippen MR) is 66.1 cm³/mol. The van der Waals surface area contributed by atoms with Crippen molar-refractivity contribution in [1.29, 1.82) is 0 Å². The summed E-state index contributed by atoms with van der Waals surface area (Å²) >= 11 is 6.23. The van der Waals surface area contributed by atoms with Crippen molar-refractivity contribution in [3.05, 3.63) is 22.7 Å². The molecule has 0 amide bonds. The highest BCUT2D eigenvalue weighted by Gasteiger charge is 2.20. The minimum Gasteiger partial charge on any atom is -0.493 e. The van der Waals surface area contributed by atoms with Gasteiger partial charge in [-0.15, -0.1) is 0 Å². The number of nitrogens with one attached hydrogen (secondary N) is 1. The lowest BCUT2D eigenvalue weighted by Gasteiger charge is -2.25. The fourth-order valence-corrected chi connectivity index (χ4v) is 2.16. The summed E-state index contributed by atoms with van der Waals surface area (Å²) in [6.45, 7) is 2.33. The highest BCUT2D eigenvalue weighted by Crippen LogP contribution is 2.37. The Hall–Kier alpha value is -0.970. The summed E-state index contributed by atoms with van der Waals surface area (Å²) < 4.78 is 16.1. The van der Waals surface area contributed by atoms with Gasteiger partial charge in [0.05, 0.1) is 32.0 Å². The van der Waals surface area contributed by atoms with Crippen LogP contribution in [0.25, 0.3) is 0 Å². The van der Waals surface area contributed by atoms with Gasteiger partial charge in [0.25, 0.3) is 0 Å². The van der Waals surface area contributed by atoms with Crippen LogP contribution in [0.2, 0.25) is 5.02 Å². The summed E-state index contributed by atoms with van der Waals surface area (Å²) in [6.07, 6.45) is -0.0314. The predicted octanol–water partition coefficient (Wildman–Crippen LogP) is 2.02. The van der Waals surface area contributed by atoms with Crippen molar-refractivity contribution in [2.75, 3.05) is 33.9 Å². The number of hydrogen-bond acceptors (Lipinski definition) is 4. The molecule has 0 aromatic heterocycles. The van der Waals surface area contributed by atoms with Crippen LogP contribution in [0.5, 0.6) is 11.5 Å². The van der Waals surface area contributed by atoms with Gasteiger partial charge in [0.1, 0.15) is 0 Å². The summed E-state index contributed by atoms with van der Waals surface area (Å²) in [6, 6.07) is 3.63. The Morgan fingerprint density at radius 2 is 2.00 bits per heavy atom. The first-order chi connectivity index (χ1) is 8.26. The van der Waals surface area contributed by atoms with E-state index in [2.05, 4.69) is 5.32 Å². The van der Waals surface area contributed by atoms with E-state index in [0.717, 1.165) is 18.7 Å². The molecule has 2 rings (SSSR count). The van der Waals surface area contributed by atoms with Crippen molar-refractivity contribution >= 4 is 11.6 Å². The van der Waals surface area contributed by atoms with Gasteiger partial charge in [-0.25, -0.2) is 0 Å². The summed E-state index contributed by atoms with van der Waals surface area (Å²) in [5.41, 5.74) is 0.927. The van der Waals surface area contributed by atoms with E-state index in [9.17, 15) is 0 Å². The van der Waals surface area contributed by atoms with Crippen molar-refractivity contribution in [3.63, 3.8) is 0 Å². The van der Waals surface area contributed by atoms with Crippen LogP contribution in [-0.2, 0) is 4.74 Å². The first-order valence-electron chi connectivity index (χ1n) is 5.50. The summed E-state index contributed by atoms with van der Waals surface area (Å²) in [4.78, 5) is 0. The number of halogens is 1. The monoisotopic (exact) mass is 257 g/mol. The van der Waals surface area contributed by atoms with Gasteiger partial charge in [-0.1, -0.05) is 11.6 Å². The topological polar surface area (TPSA) is 39.7 Å². The van der Waals surface area contributed by atoms with Gasteiger partial charge in [-0.2, -0.15) is 0 Å². The maximum atomic E-state index is 6.23. The molecule has 1 unspecified atom stereocenters. The Bertz CT molecular complexity index is 392. The molecule has 4 nitrogen and oxygen atoms in total. The zero-order valence-corrected chi connectivity index (χ0v) is 10.7. The van der Waals surface area contributed by atoms with Crippen molar-refractivity contribution in [2.24, 2.45) is 0 Å². The molecule has 0 spiro atoms. The first-order valence-corrected chi connectivity index (χ1v) is 5.87. The van der Waals surface area contributed by atoms with E-state index in [4.69, 9.17) is 25.8 Å². The smallest absolute Gasteiger partial charge is 0.162 e. The Morgan fingerprint density at radius 3 is 2.59 bits per heavy atom. The summed E-state index contributed by atoms with van der Waals surface area (Å²) in [7, 11) is 3.20. The van der Waals surface area contributed by atoms with Gasteiger partial charge < -0.3 is 19.5 Å². The third-order valence-corrected chi connectivity index (χ3v) is 3.10. The van der Waals surface area contributed by atoms with Crippen molar-refractivity contribution < 1.29 is 14.2 Å². The second-order valence-corrected chi connectivity index (χ2v) is 4.20. The molecule has 1 aliphatic rings. The maximum absolute atomic E-state index is 6.23. The number of morpholine rings is 1. The molecule has 1 aromatic rings. The zero-order valence-electron chi connectivity index (χ0n) is 9.96. The van der Waals surface area contributed by atoms with E-state index in [0.29, 0.717) is 23.1 Å². The molecule has 94 valence electrons. The molecule has 0 bridgehead atoms. The van der Waals surface area contributed by atoms with Gasteiger partial charge in [0, 0.05) is 24.7 Å². The Labute approximate surface area is 106 Å². The molecule has 1 fully saturated rings. The molecule has 1 atom stereocenters. The van der Waals surface area contributed by atoms with E-state index in [1.807, 2.05) is 6.07 Å². The summed E-state index contributed by atoms with van der Waals surface area (Å²) in [5, 5.41) is 3.91. The first kappa shape index (κ1) is 12.5. The van der Waals surface area contributed by atoms with Gasteiger partial charge in [0.15, 0.2) is 11.5 Å². The molecule has 5 heteroatoms. The van der Waals surface area contributed by atoms with Crippen molar-refractivity contribution in [3.8, 4) is 11.5 Å². The second kappa shape index (κ2) is 5.58. The van der Waals surface area contributed by atoms with Crippen LogP contribution in [0, 0.1) is 0 Å². The van der Waals surface area contributed by atoms with Crippen LogP contribution in [0.4, 0.5) is 0 Å². The molecule has 1 saturated heterocycles. The van der Waals surface area contributed by atoms with Crippen LogP contribution in [-0.4, -0.2) is 33.9 Å². The van der Waals surface area contributed by atoms with E-state index >= 15 is 0 Å². The molecule has 0 radical (unpaired) electrons. The standard InChI is InChI=1S/C12H16ClNO3/c1-15-10-5-8(9(13)6-11(10)16-2)12-7-14-3-4-17-12/h5-6,12,14H,3-4,7H2,1-2H3. The maximum Gasteiger partial charge on any atom is 0.162 e. The lowest BCUT2D eigenvalue weighted by molar-refractivity contribution is 0.0276. The fourth-order valence-electron chi connectivity index (χ4n) is 1.88. The third-order valence-electron chi connectivity index (χ3n) is 2.78. The van der Waals surface area contributed by atoms with Crippen molar-refractivity contribution in [2.45, 2.75) is 6.10 Å². The van der Waals surface area contributed by atoms with Gasteiger partial charge in [-0.3, -0.25) is 0 Å². The molecule has 1 aliphatic heterocycles. The molecule has 1 N–H and O–H groups in total. The van der Waals surface area contributed by atoms with Crippen LogP contribution in [0.3, 0.4) is 0 Å². The molecular formula is C12H16ClNO3. The van der Waals surface area contributed by atoms with Gasteiger partial charge >= 0.3 is 0 Å². The molecule has 1 aromatic carbocycles. The SMILES string of the molecule is COc1cc(Cl)c(C2CNCCO2)cc1OC. The zero-order chi connectivity index (χ0) is 12.3. The van der Waals surface area contributed by atoms with Gasteiger partial charge in [-0.05, 0) is 6.07 Å². The normalized spacial score (nSPS) is 20.1. The lowest BCUT2D eigenvalue weighted by Crippen LogP contribution is -2.33. The van der Waals surface area contributed by atoms with Crippen molar-refractivity contribution in [1.82, 2.24) is 5.32 Å². The van der Waals surface area contributed by atoms with Crippen LogP contribution in [0.15, 0.2) is 12.1 Å². The Kier molecular flexibility index (Phi) is 4.10. The second-order valence-electron chi connectivity index (χ2n) is 3.79. The molecular weight excluding hydrogens is 242 g/mol. The Morgan fingerprint density at radius 1 is 1.29 bits per heavy atom. The summed E-state index contributed by atoms with van der Waals surface area (Å²) in [5.74, 6) is 1.30. The average Bonchev–Trinajstić information content (AvgIpc) is 2.39. The van der Waals surface area contributed by atoms with Gasteiger partial charge in [0.2, 0.25) is 0 Å². The molecule has 0 saturated carbocycles. The van der Waals surface area contributed by atoms with Crippen LogP contribution < -0.4 is 14.8 Å². The van der Waals surface area contributed by atoms with E-state index in [1.54, 1.807) is 20.3 Å². The highest BCUT2D eigenvalue weighted by molar-refractivity contribution is 6.31. The third kappa shape index (κ3) is 2.65. The largest absolute Gasteiger partial charge is 0.493 e. The quantitative estimate of drug-likeness (QED) is 0.899. The van der Waals surface area contributed by atoms with E-state index < -0.39 is 0 Å². The molecule has 1 heterocycles. The van der Waals surface area contributed by atoms with Crippen LogP contribution in [0.1, 0.15) is 11.7 Å². The van der Waals surface area contributed by atoms with E-state index in [1.165, 1.54) is 0 Å². The van der Waals surface area contributed by atoms with E-state index in [-0.39, 0.29) is 6.10 Å².